The maximum atomic E-state index is 12.9. The van der Waals surface area contributed by atoms with Gasteiger partial charge in [-0.2, -0.15) is 0 Å². The number of hydrogen-bond acceptors (Lipinski definition) is 2. The van der Waals surface area contributed by atoms with Gasteiger partial charge in [0.2, 0.25) is 0 Å². The van der Waals surface area contributed by atoms with Crippen LogP contribution in [0, 0.1) is 0 Å². The summed E-state index contributed by atoms with van der Waals surface area (Å²) in [5.74, 6) is 0.00155. The van der Waals surface area contributed by atoms with Gasteiger partial charge in [-0.15, -0.1) is 0 Å². The van der Waals surface area contributed by atoms with E-state index in [1.165, 1.54) is 6.08 Å². The van der Waals surface area contributed by atoms with Gasteiger partial charge in [0.05, 0.1) is 0 Å². The summed E-state index contributed by atoms with van der Waals surface area (Å²) in [5, 5.41) is 0.890. The molecule has 15 heavy (non-hydrogen) atoms. The predicted molar refractivity (Wildman–Crippen MR) is 60.2 cm³/mol. The second-order valence-corrected chi connectivity index (χ2v) is 3.65. The molecular weight excluding hydrogens is 240 g/mol. The first-order valence-electron chi connectivity index (χ1n) is 4.25. The van der Waals surface area contributed by atoms with Gasteiger partial charge < -0.3 is 10.5 Å². The summed E-state index contributed by atoms with van der Waals surface area (Å²) in [7, 11) is 0. The molecule has 0 bridgehead atoms. The Morgan fingerprint density at radius 2 is 1.93 bits per heavy atom. The van der Waals surface area contributed by atoms with E-state index >= 15 is 0 Å². The monoisotopic (exact) mass is 249 g/mol. The Bertz CT molecular complexity index is 348. The SMILES string of the molecule is NCC=C(F)COc1cc(Cl)cc(Cl)c1. The highest BCUT2D eigenvalue weighted by atomic mass is 35.5. The van der Waals surface area contributed by atoms with Gasteiger partial charge in [-0.3, -0.25) is 0 Å². The lowest BCUT2D eigenvalue weighted by atomic mass is 10.3. The van der Waals surface area contributed by atoms with Crippen molar-refractivity contribution in [2.75, 3.05) is 13.2 Å². The minimum atomic E-state index is -0.423. The van der Waals surface area contributed by atoms with Crippen LogP contribution in [0.3, 0.4) is 0 Å². The highest BCUT2D eigenvalue weighted by molar-refractivity contribution is 6.34. The molecule has 1 aromatic rings. The van der Waals surface area contributed by atoms with Crippen molar-refractivity contribution in [3.05, 3.63) is 40.1 Å². The van der Waals surface area contributed by atoms with Crippen molar-refractivity contribution in [1.82, 2.24) is 0 Å². The maximum Gasteiger partial charge on any atom is 0.139 e. The highest BCUT2D eigenvalue weighted by Crippen LogP contribution is 2.24. The van der Waals surface area contributed by atoms with Crippen LogP contribution < -0.4 is 10.5 Å². The normalized spacial score (nSPS) is 11.6. The van der Waals surface area contributed by atoms with Crippen LogP contribution in [0.15, 0.2) is 30.1 Å². The summed E-state index contributed by atoms with van der Waals surface area (Å²) in [6.07, 6.45) is 1.24. The quantitative estimate of drug-likeness (QED) is 0.890. The van der Waals surface area contributed by atoms with Gasteiger partial charge in [0, 0.05) is 16.6 Å². The molecule has 0 aliphatic rings. The van der Waals surface area contributed by atoms with Gasteiger partial charge in [-0.1, -0.05) is 23.2 Å². The van der Waals surface area contributed by atoms with Gasteiger partial charge in [-0.05, 0) is 24.3 Å². The molecule has 0 fully saturated rings. The fraction of sp³-hybridized carbons (Fsp3) is 0.200. The molecule has 1 aromatic carbocycles. The van der Waals surface area contributed by atoms with Crippen molar-refractivity contribution >= 4 is 23.2 Å². The van der Waals surface area contributed by atoms with E-state index in [1.807, 2.05) is 0 Å². The zero-order valence-electron chi connectivity index (χ0n) is 7.84. The molecule has 0 saturated carbocycles. The summed E-state index contributed by atoms with van der Waals surface area (Å²) in [4.78, 5) is 0. The molecule has 0 aliphatic heterocycles. The molecule has 0 aromatic heterocycles. The van der Waals surface area contributed by atoms with E-state index in [4.69, 9.17) is 33.7 Å². The summed E-state index contributed by atoms with van der Waals surface area (Å²) in [5.41, 5.74) is 5.13. The summed E-state index contributed by atoms with van der Waals surface area (Å²) < 4.78 is 18.0. The van der Waals surface area contributed by atoms with Crippen molar-refractivity contribution < 1.29 is 9.13 Å². The van der Waals surface area contributed by atoms with Gasteiger partial charge >= 0.3 is 0 Å². The third-order valence-corrected chi connectivity index (χ3v) is 1.99. The molecule has 1 rings (SSSR count). The Hall–Kier alpha value is -0.770. The molecule has 0 radical (unpaired) electrons. The van der Waals surface area contributed by atoms with Crippen LogP contribution >= 0.6 is 23.2 Å². The van der Waals surface area contributed by atoms with E-state index in [0.29, 0.717) is 15.8 Å². The first kappa shape index (κ1) is 12.3. The fourth-order valence-electron chi connectivity index (χ4n) is 0.951. The van der Waals surface area contributed by atoms with Crippen LogP contribution in [-0.2, 0) is 0 Å². The van der Waals surface area contributed by atoms with E-state index < -0.39 is 5.83 Å². The number of rotatable bonds is 4. The molecule has 0 heterocycles. The van der Waals surface area contributed by atoms with Gasteiger partial charge in [0.15, 0.2) is 0 Å². The van der Waals surface area contributed by atoms with Crippen LogP contribution in [0.4, 0.5) is 4.39 Å². The number of hydrogen-bond donors (Lipinski definition) is 1. The molecule has 0 spiro atoms. The second-order valence-electron chi connectivity index (χ2n) is 2.78. The zero-order valence-corrected chi connectivity index (χ0v) is 9.35. The fourth-order valence-corrected chi connectivity index (χ4v) is 1.46. The first-order valence-corrected chi connectivity index (χ1v) is 5.01. The van der Waals surface area contributed by atoms with Crippen LogP contribution in [0.5, 0.6) is 5.75 Å². The lowest BCUT2D eigenvalue weighted by molar-refractivity contribution is 0.318. The topological polar surface area (TPSA) is 35.2 Å². The van der Waals surface area contributed by atoms with Gasteiger partial charge in [0.1, 0.15) is 18.2 Å². The Balaban J connectivity index is 2.61. The molecular formula is C10H10Cl2FNO. The van der Waals surface area contributed by atoms with Gasteiger partial charge in [0.25, 0.3) is 0 Å². The van der Waals surface area contributed by atoms with Crippen molar-refractivity contribution in [2.45, 2.75) is 0 Å². The number of benzene rings is 1. The third kappa shape index (κ3) is 4.51. The maximum absolute atomic E-state index is 12.9. The van der Waals surface area contributed by atoms with Crippen molar-refractivity contribution in [1.29, 1.82) is 0 Å². The molecule has 0 atom stereocenters. The van der Waals surface area contributed by atoms with Crippen LogP contribution in [0.25, 0.3) is 0 Å². The standard InChI is InChI=1S/C10H10Cl2FNO/c11-7-3-8(12)5-10(4-7)15-6-9(13)1-2-14/h1,3-5H,2,6,14H2. The average molecular weight is 250 g/mol. The molecule has 2 N–H and O–H groups in total. The largest absolute Gasteiger partial charge is 0.486 e. The van der Waals surface area contributed by atoms with Crippen molar-refractivity contribution in [3.63, 3.8) is 0 Å². The lowest BCUT2D eigenvalue weighted by Crippen LogP contribution is -2.01. The molecule has 0 unspecified atom stereocenters. The van der Waals surface area contributed by atoms with E-state index in [2.05, 4.69) is 0 Å². The first-order chi connectivity index (χ1) is 7.11. The third-order valence-electron chi connectivity index (χ3n) is 1.55. The molecule has 2 nitrogen and oxygen atoms in total. The summed E-state index contributed by atoms with van der Waals surface area (Å²) >= 11 is 11.5. The molecule has 5 heteroatoms. The highest BCUT2D eigenvalue weighted by Gasteiger charge is 2.00. The average Bonchev–Trinajstić information content (AvgIpc) is 2.14. The Morgan fingerprint density at radius 3 is 2.47 bits per heavy atom. The smallest absolute Gasteiger partial charge is 0.139 e. The molecule has 0 amide bonds. The minimum Gasteiger partial charge on any atom is -0.486 e. The second kappa shape index (κ2) is 5.95. The zero-order chi connectivity index (χ0) is 11.3. The summed E-state index contributed by atoms with van der Waals surface area (Å²) in [6, 6.07) is 4.69. The number of nitrogens with two attached hydrogens (primary N) is 1. The molecule has 0 saturated heterocycles. The van der Waals surface area contributed by atoms with E-state index in [1.54, 1.807) is 18.2 Å². The van der Waals surface area contributed by atoms with Crippen LogP contribution in [0.2, 0.25) is 10.0 Å². The van der Waals surface area contributed by atoms with Gasteiger partial charge in [-0.25, -0.2) is 4.39 Å². The van der Waals surface area contributed by atoms with Crippen molar-refractivity contribution in [3.8, 4) is 5.75 Å². The Labute approximate surface area is 97.4 Å². The summed E-state index contributed by atoms with van der Waals surface area (Å²) in [6.45, 7) is -0.0284. The van der Waals surface area contributed by atoms with E-state index in [0.717, 1.165) is 0 Å². The van der Waals surface area contributed by atoms with Crippen molar-refractivity contribution in [2.24, 2.45) is 5.73 Å². The van der Waals surface area contributed by atoms with E-state index in [-0.39, 0.29) is 13.2 Å². The number of halogens is 3. The molecule has 82 valence electrons. The molecule has 0 aliphatic carbocycles. The number of ether oxygens (including phenoxy) is 1. The Kier molecular flexibility index (Phi) is 4.88. The predicted octanol–water partition coefficient (Wildman–Crippen LogP) is 3.18. The van der Waals surface area contributed by atoms with Crippen LogP contribution in [0.1, 0.15) is 0 Å². The Morgan fingerprint density at radius 1 is 1.33 bits per heavy atom. The minimum absolute atomic E-state index is 0.144. The van der Waals surface area contributed by atoms with E-state index in [9.17, 15) is 4.39 Å². The van der Waals surface area contributed by atoms with Crippen LogP contribution in [-0.4, -0.2) is 13.2 Å². The lowest BCUT2D eigenvalue weighted by Gasteiger charge is -2.05.